The number of nitrogens with zero attached hydrogens (tertiary/aromatic N) is 2. The Morgan fingerprint density at radius 3 is 2.82 bits per heavy atom. The normalized spacial score (nSPS) is 10.6. The van der Waals surface area contributed by atoms with E-state index in [1.54, 1.807) is 6.20 Å². The van der Waals surface area contributed by atoms with Crippen LogP contribution in [0.2, 0.25) is 0 Å². The zero-order chi connectivity index (χ0) is 11.9. The Bertz CT molecular complexity index is 439. The molecule has 2 aromatic rings. The molecular weight excluding hydrogens is 214 g/mol. The molecule has 0 spiro atoms. The van der Waals surface area contributed by atoms with Gasteiger partial charge in [0.05, 0.1) is 12.7 Å². The van der Waals surface area contributed by atoms with E-state index in [-0.39, 0.29) is 0 Å². The molecule has 0 atom stereocenters. The zero-order valence-corrected chi connectivity index (χ0v) is 10.0. The van der Waals surface area contributed by atoms with E-state index in [2.05, 4.69) is 22.2 Å². The van der Waals surface area contributed by atoms with Crippen molar-refractivity contribution in [2.24, 2.45) is 0 Å². The Kier molecular flexibility index (Phi) is 4.27. The summed E-state index contributed by atoms with van der Waals surface area (Å²) in [7, 11) is 0. The molecule has 2 rings (SSSR count). The van der Waals surface area contributed by atoms with Gasteiger partial charge in [-0.15, -0.1) is 0 Å². The molecule has 0 fully saturated rings. The smallest absolute Gasteiger partial charge is 0.208 e. The topological polar surface area (TPSA) is 51.0 Å². The summed E-state index contributed by atoms with van der Waals surface area (Å²) in [6, 6.07) is 4.06. The van der Waals surface area contributed by atoms with Crippen LogP contribution in [0, 0.1) is 0 Å². The van der Waals surface area contributed by atoms with Crippen molar-refractivity contribution in [2.45, 2.75) is 26.3 Å². The fraction of sp³-hybridized carbons (Fsp3) is 0.385. The van der Waals surface area contributed by atoms with E-state index in [1.165, 1.54) is 5.56 Å². The maximum absolute atomic E-state index is 5.50. The first-order valence-electron chi connectivity index (χ1n) is 5.91. The van der Waals surface area contributed by atoms with Crippen LogP contribution in [0.4, 0.5) is 0 Å². The van der Waals surface area contributed by atoms with Gasteiger partial charge in [-0.2, -0.15) is 0 Å². The van der Waals surface area contributed by atoms with Crippen LogP contribution in [0.15, 0.2) is 35.1 Å². The second-order valence-corrected chi connectivity index (χ2v) is 3.86. The number of rotatable bonds is 6. The second-order valence-electron chi connectivity index (χ2n) is 3.86. The molecule has 0 aliphatic rings. The van der Waals surface area contributed by atoms with Crippen LogP contribution in [0.5, 0.6) is 0 Å². The molecule has 0 radical (unpaired) electrons. The minimum Gasteiger partial charge on any atom is -0.444 e. The van der Waals surface area contributed by atoms with Crippen LogP contribution < -0.4 is 5.32 Å². The number of hydrogen-bond acceptors (Lipinski definition) is 4. The van der Waals surface area contributed by atoms with Crippen LogP contribution in [-0.2, 0) is 19.4 Å². The van der Waals surface area contributed by atoms with Crippen molar-refractivity contribution >= 4 is 0 Å². The molecule has 0 aliphatic heterocycles. The molecule has 0 bridgehead atoms. The van der Waals surface area contributed by atoms with Crippen LogP contribution in [0.25, 0.3) is 0 Å². The van der Waals surface area contributed by atoms with Gasteiger partial charge in [0, 0.05) is 18.8 Å². The summed E-state index contributed by atoms with van der Waals surface area (Å²) in [4.78, 5) is 8.18. The molecule has 0 aromatic carbocycles. The van der Waals surface area contributed by atoms with E-state index in [0.717, 1.165) is 31.0 Å². The molecule has 4 nitrogen and oxygen atoms in total. The largest absolute Gasteiger partial charge is 0.444 e. The van der Waals surface area contributed by atoms with Crippen molar-refractivity contribution in [1.82, 2.24) is 15.3 Å². The molecule has 2 aromatic heterocycles. The average molecular weight is 231 g/mol. The summed E-state index contributed by atoms with van der Waals surface area (Å²) in [5.41, 5.74) is 1.29. The lowest BCUT2D eigenvalue weighted by Gasteiger charge is -2.02. The summed E-state index contributed by atoms with van der Waals surface area (Å²) in [6.07, 6.45) is 7.31. The Hall–Kier alpha value is -1.68. The summed E-state index contributed by atoms with van der Waals surface area (Å²) >= 11 is 0. The number of aromatic nitrogens is 2. The SMILES string of the molecule is CCc1cnc(CNCCc2ccncc2)o1. The van der Waals surface area contributed by atoms with E-state index < -0.39 is 0 Å². The van der Waals surface area contributed by atoms with Crippen LogP contribution in [0.3, 0.4) is 0 Å². The van der Waals surface area contributed by atoms with E-state index in [0.29, 0.717) is 6.54 Å². The minimum atomic E-state index is 0.686. The monoisotopic (exact) mass is 231 g/mol. The fourth-order valence-corrected chi connectivity index (χ4v) is 1.57. The third kappa shape index (κ3) is 3.67. The molecule has 0 saturated heterocycles. The highest BCUT2D eigenvalue weighted by atomic mass is 16.4. The molecule has 0 saturated carbocycles. The molecule has 0 aliphatic carbocycles. The van der Waals surface area contributed by atoms with Crippen molar-refractivity contribution in [3.63, 3.8) is 0 Å². The lowest BCUT2D eigenvalue weighted by atomic mass is 10.2. The van der Waals surface area contributed by atoms with Gasteiger partial charge < -0.3 is 9.73 Å². The Morgan fingerprint density at radius 1 is 1.29 bits per heavy atom. The second kappa shape index (κ2) is 6.15. The molecular formula is C13H17N3O. The van der Waals surface area contributed by atoms with Crippen molar-refractivity contribution in [1.29, 1.82) is 0 Å². The maximum Gasteiger partial charge on any atom is 0.208 e. The van der Waals surface area contributed by atoms with Crippen LogP contribution in [0.1, 0.15) is 24.1 Å². The lowest BCUT2D eigenvalue weighted by molar-refractivity contribution is 0.440. The summed E-state index contributed by atoms with van der Waals surface area (Å²) < 4.78 is 5.50. The van der Waals surface area contributed by atoms with Gasteiger partial charge >= 0.3 is 0 Å². The van der Waals surface area contributed by atoms with Crippen molar-refractivity contribution in [3.8, 4) is 0 Å². The van der Waals surface area contributed by atoms with E-state index in [1.807, 2.05) is 24.5 Å². The number of nitrogens with one attached hydrogen (secondary N) is 1. The fourth-order valence-electron chi connectivity index (χ4n) is 1.57. The number of oxazole rings is 1. The van der Waals surface area contributed by atoms with Gasteiger partial charge in [0.2, 0.25) is 5.89 Å². The van der Waals surface area contributed by atoms with E-state index in [4.69, 9.17) is 4.42 Å². The molecule has 0 amide bonds. The van der Waals surface area contributed by atoms with Gasteiger partial charge in [-0.1, -0.05) is 6.92 Å². The van der Waals surface area contributed by atoms with Gasteiger partial charge in [0.25, 0.3) is 0 Å². The number of hydrogen-bond donors (Lipinski definition) is 1. The summed E-state index contributed by atoms with van der Waals surface area (Å²) in [6.45, 7) is 3.65. The Balaban J connectivity index is 1.69. The zero-order valence-electron chi connectivity index (χ0n) is 10.0. The molecule has 17 heavy (non-hydrogen) atoms. The molecule has 0 unspecified atom stereocenters. The van der Waals surface area contributed by atoms with Gasteiger partial charge in [0.1, 0.15) is 5.76 Å². The standard InChI is InChI=1S/C13H17N3O/c1-2-12-9-16-13(17-12)10-15-8-5-11-3-6-14-7-4-11/h3-4,6-7,9,15H,2,5,8,10H2,1H3. The van der Waals surface area contributed by atoms with Gasteiger partial charge in [-0.25, -0.2) is 4.98 Å². The highest BCUT2D eigenvalue weighted by molar-refractivity contribution is 5.09. The minimum absolute atomic E-state index is 0.686. The van der Waals surface area contributed by atoms with Crippen LogP contribution in [-0.4, -0.2) is 16.5 Å². The third-order valence-corrected chi connectivity index (χ3v) is 2.57. The first-order valence-corrected chi connectivity index (χ1v) is 5.91. The first-order chi connectivity index (χ1) is 8.38. The average Bonchev–Trinajstić information content (AvgIpc) is 2.84. The quantitative estimate of drug-likeness (QED) is 0.772. The van der Waals surface area contributed by atoms with E-state index >= 15 is 0 Å². The molecule has 1 N–H and O–H groups in total. The molecule has 4 heteroatoms. The summed E-state index contributed by atoms with van der Waals surface area (Å²) in [5, 5.41) is 3.31. The van der Waals surface area contributed by atoms with Gasteiger partial charge in [-0.3, -0.25) is 4.98 Å². The van der Waals surface area contributed by atoms with Crippen molar-refractivity contribution < 1.29 is 4.42 Å². The molecule has 90 valence electrons. The lowest BCUT2D eigenvalue weighted by Crippen LogP contribution is -2.16. The predicted octanol–water partition coefficient (Wildman–Crippen LogP) is 1.96. The number of pyridine rings is 1. The van der Waals surface area contributed by atoms with Crippen molar-refractivity contribution in [3.05, 3.63) is 47.9 Å². The first kappa shape index (κ1) is 11.8. The predicted molar refractivity (Wildman–Crippen MR) is 65.5 cm³/mol. The van der Waals surface area contributed by atoms with Gasteiger partial charge in [0.15, 0.2) is 0 Å². The molecule has 2 heterocycles. The Labute approximate surface area is 101 Å². The maximum atomic E-state index is 5.50. The number of aryl methyl sites for hydroxylation is 1. The van der Waals surface area contributed by atoms with Crippen molar-refractivity contribution in [2.75, 3.05) is 6.54 Å². The van der Waals surface area contributed by atoms with Gasteiger partial charge in [-0.05, 0) is 30.7 Å². The van der Waals surface area contributed by atoms with E-state index in [9.17, 15) is 0 Å². The highest BCUT2D eigenvalue weighted by Gasteiger charge is 2.01. The summed E-state index contributed by atoms with van der Waals surface area (Å²) in [5.74, 6) is 1.70. The highest BCUT2D eigenvalue weighted by Crippen LogP contribution is 2.03. The van der Waals surface area contributed by atoms with Crippen LogP contribution >= 0.6 is 0 Å². The Morgan fingerprint density at radius 2 is 2.12 bits per heavy atom. The third-order valence-electron chi connectivity index (χ3n) is 2.57.